The van der Waals surface area contributed by atoms with Crippen LogP contribution in [0.2, 0.25) is 0 Å². The Hall–Kier alpha value is -7.09. The zero-order valence-electron chi connectivity index (χ0n) is 31.6. The van der Waals surface area contributed by atoms with Crippen LogP contribution in [0.1, 0.15) is 13.8 Å². The van der Waals surface area contributed by atoms with Crippen LogP contribution in [0, 0.1) is 0 Å². The molecule has 7 aromatic carbocycles. The second-order valence-corrected chi connectivity index (χ2v) is 13.4. The van der Waals surface area contributed by atoms with Gasteiger partial charge in [-0.3, -0.25) is 5.32 Å². The smallest absolute Gasteiger partial charge is 0.166 e. The standard InChI is InChI=1S/C47H35N7.C2H6/c1-48-47-53(35-21-9-4-10-22-35)42-26-13-14-27-43(42)54(47)37-28-29-41-39(31-37)38-24-11-12-25-40(38)52(41)36-23-15-20-34(30-36)46-50-44(32-16-5-2-6-17-32)49-45(51-46)33-18-7-3-8-19-33;1-2/h2-31,47-48H,1H3;1-2H3. The van der Waals surface area contributed by atoms with Crippen molar-refractivity contribution in [1.82, 2.24) is 24.8 Å². The maximum absolute atomic E-state index is 5.02. The molecule has 7 heteroatoms. The van der Waals surface area contributed by atoms with E-state index in [1.54, 1.807) is 0 Å². The van der Waals surface area contributed by atoms with E-state index in [1.165, 1.54) is 10.8 Å². The summed E-state index contributed by atoms with van der Waals surface area (Å²) in [5.74, 6) is 1.91. The lowest BCUT2D eigenvalue weighted by Crippen LogP contribution is -2.47. The summed E-state index contributed by atoms with van der Waals surface area (Å²) in [6.07, 6.45) is -0.116. The van der Waals surface area contributed by atoms with Gasteiger partial charge in [-0.05, 0) is 67.7 Å². The van der Waals surface area contributed by atoms with Gasteiger partial charge in [0.2, 0.25) is 0 Å². The van der Waals surface area contributed by atoms with Gasteiger partial charge in [0.1, 0.15) is 0 Å². The number of nitrogens with zero attached hydrogens (tertiary/aromatic N) is 6. The molecule has 2 aromatic heterocycles. The van der Waals surface area contributed by atoms with Gasteiger partial charge in [0, 0.05) is 44.5 Å². The quantitative estimate of drug-likeness (QED) is 0.176. The highest BCUT2D eigenvalue weighted by molar-refractivity contribution is 6.10. The average Bonchev–Trinajstić information content (AvgIpc) is 3.80. The molecule has 0 fully saturated rings. The van der Waals surface area contributed by atoms with Crippen LogP contribution in [0.4, 0.5) is 22.7 Å². The van der Waals surface area contributed by atoms with Crippen molar-refractivity contribution < 1.29 is 0 Å². The molecule has 0 spiro atoms. The molecule has 272 valence electrons. The Morgan fingerprint density at radius 2 is 0.893 bits per heavy atom. The molecule has 1 unspecified atom stereocenters. The van der Waals surface area contributed by atoms with Gasteiger partial charge in [-0.25, -0.2) is 15.0 Å². The largest absolute Gasteiger partial charge is 0.309 e. The Bertz CT molecular complexity index is 2720. The van der Waals surface area contributed by atoms with Crippen LogP contribution in [0.5, 0.6) is 0 Å². The summed E-state index contributed by atoms with van der Waals surface area (Å²) in [5, 5.41) is 5.97. The van der Waals surface area contributed by atoms with E-state index in [0.717, 1.165) is 56.2 Å². The lowest BCUT2D eigenvalue weighted by Gasteiger charge is -2.32. The second kappa shape index (κ2) is 15.0. The van der Waals surface area contributed by atoms with Gasteiger partial charge >= 0.3 is 0 Å². The number of hydrogen-bond acceptors (Lipinski definition) is 6. The molecule has 0 amide bonds. The summed E-state index contributed by atoms with van der Waals surface area (Å²) in [4.78, 5) is 19.7. The van der Waals surface area contributed by atoms with Crippen molar-refractivity contribution in [2.24, 2.45) is 0 Å². The van der Waals surface area contributed by atoms with Crippen LogP contribution in [0.3, 0.4) is 0 Å². The highest BCUT2D eigenvalue weighted by Gasteiger charge is 2.37. The first-order chi connectivity index (χ1) is 27.7. The summed E-state index contributed by atoms with van der Waals surface area (Å²) in [6, 6.07) is 63.4. The Morgan fingerprint density at radius 3 is 1.52 bits per heavy atom. The fourth-order valence-electron chi connectivity index (χ4n) is 7.77. The Kier molecular flexibility index (Phi) is 9.27. The minimum absolute atomic E-state index is 0.116. The maximum atomic E-state index is 5.02. The van der Waals surface area contributed by atoms with E-state index >= 15 is 0 Å². The number of rotatable bonds is 7. The first-order valence-electron chi connectivity index (χ1n) is 19.2. The van der Waals surface area contributed by atoms with Crippen molar-refractivity contribution in [2.45, 2.75) is 20.1 Å². The molecule has 1 atom stereocenters. The number of benzene rings is 7. The zero-order valence-corrected chi connectivity index (χ0v) is 31.6. The molecule has 3 heterocycles. The molecule has 10 rings (SSSR count). The molecule has 56 heavy (non-hydrogen) atoms. The molecular formula is C49H41N7. The molecule has 0 saturated carbocycles. The maximum Gasteiger partial charge on any atom is 0.166 e. The van der Waals surface area contributed by atoms with Crippen molar-refractivity contribution in [3.8, 4) is 39.9 Å². The van der Waals surface area contributed by atoms with E-state index < -0.39 is 0 Å². The number of fused-ring (bicyclic) bond motifs is 4. The number of para-hydroxylation sites is 4. The normalized spacial score (nSPS) is 13.4. The number of aromatic nitrogens is 4. The van der Waals surface area contributed by atoms with Crippen LogP contribution in [-0.2, 0) is 0 Å². The second-order valence-electron chi connectivity index (χ2n) is 13.4. The van der Waals surface area contributed by atoms with Crippen molar-refractivity contribution in [1.29, 1.82) is 0 Å². The summed E-state index contributed by atoms with van der Waals surface area (Å²) in [5.41, 5.74) is 10.6. The molecule has 0 saturated heterocycles. The summed E-state index contributed by atoms with van der Waals surface area (Å²) >= 11 is 0. The highest BCUT2D eigenvalue weighted by atomic mass is 15.5. The fraction of sp³-hybridized carbons (Fsp3) is 0.0816. The van der Waals surface area contributed by atoms with Gasteiger partial charge < -0.3 is 14.4 Å². The van der Waals surface area contributed by atoms with Crippen molar-refractivity contribution in [2.75, 3.05) is 16.8 Å². The molecule has 0 radical (unpaired) electrons. The Balaban J connectivity index is 0.00000202. The van der Waals surface area contributed by atoms with Crippen molar-refractivity contribution >= 4 is 44.6 Å². The van der Waals surface area contributed by atoms with Crippen LogP contribution in [-0.4, -0.2) is 32.9 Å². The summed E-state index contributed by atoms with van der Waals surface area (Å²) in [7, 11) is 2.02. The van der Waals surface area contributed by atoms with Gasteiger partial charge in [0.25, 0.3) is 0 Å². The highest BCUT2D eigenvalue weighted by Crippen LogP contribution is 2.48. The first kappa shape index (κ1) is 34.7. The number of anilines is 4. The molecule has 1 N–H and O–H groups in total. The van der Waals surface area contributed by atoms with Crippen LogP contribution >= 0.6 is 0 Å². The van der Waals surface area contributed by atoms with E-state index in [-0.39, 0.29) is 6.29 Å². The monoisotopic (exact) mass is 727 g/mol. The van der Waals surface area contributed by atoms with E-state index in [9.17, 15) is 0 Å². The molecule has 1 aliphatic heterocycles. The Labute approximate surface area is 327 Å². The van der Waals surface area contributed by atoms with Gasteiger partial charge in [0.05, 0.1) is 22.4 Å². The third-order valence-corrected chi connectivity index (χ3v) is 10.2. The topological polar surface area (TPSA) is 62.1 Å². The zero-order chi connectivity index (χ0) is 38.0. The van der Waals surface area contributed by atoms with Gasteiger partial charge in [-0.1, -0.05) is 135 Å². The van der Waals surface area contributed by atoms with Crippen LogP contribution in [0.25, 0.3) is 61.7 Å². The fourth-order valence-corrected chi connectivity index (χ4v) is 7.77. The third-order valence-electron chi connectivity index (χ3n) is 10.2. The lowest BCUT2D eigenvalue weighted by molar-refractivity contribution is 0.602. The van der Waals surface area contributed by atoms with Crippen LogP contribution < -0.4 is 15.1 Å². The van der Waals surface area contributed by atoms with Gasteiger partial charge in [-0.2, -0.15) is 0 Å². The van der Waals surface area contributed by atoms with Crippen LogP contribution in [0.15, 0.2) is 182 Å². The molecule has 0 aliphatic carbocycles. The first-order valence-corrected chi connectivity index (χ1v) is 19.2. The predicted molar refractivity (Wildman–Crippen MR) is 232 cm³/mol. The molecule has 0 bridgehead atoms. The van der Waals surface area contributed by atoms with E-state index in [0.29, 0.717) is 17.5 Å². The molecular weight excluding hydrogens is 687 g/mol. The van der Waals surface area contributed by atoms with E-state index in [2.05, 4.69) is 141 Å². The Morgan fingerprint density at radius 1 is 0.411 bits per heavy atom. The SMILES string of the molecule is CC.CNC1N(c2ccccc2)c2ccccc2N1c1ccc2c(c1)c1ccccc1n2-c1cccc(-c2nc(-c3ccccc3)nc(-c3ccccc3)n2)c1. The predicted octanol–water partition coefficient (Wildman–Crippen LogP) is 11.8. The minimum atomic E-state index is -0.116. The van der Waals surface area contributed by atoms with Crippen molar-refractivity contribution in [3.05, 3.63) is 182 Å². The number of nitrogens with one attached hydrogen (secondary N) is 1. The molecule has 9 aromatic rings. The van der Waals surface area contributed by atoms with Gasteiger partial charge in [-0.15, -0.1) is 0 Å². The lowest BCUT2D eigenvalue weighted by atomic mass is 10.1. The molecule has 7 nitrogen and oxygen atoms in total. The molecule has 1 aliphatic rings. The third kappa shape index (κ3) is 6.04. The van der Waals surface area contributed by atoms with Crippen molar-refractivity contribution in [3.63, 3.8) is 0 Å². The summed E-state index contributed by atoms with van der Waals surface area (Å²) < 4.78 is 2.35. The minimum Gasteiger partial charge on any atom is -0.309 e. The summed E-state index contributed by atoms with van der Waals surface area (Å²) in [6.45, 7) is 4.00. The van der Waals surface area contributed by atoms with Gasteiger partial charge in [0.15, 0.2) is 23.8 Å². The number of hydrogen-bond donors (Lipinski definition) is 1. The average molecular weight is 728 g/mol. The van der Waals surface area contributed by atoms with E-state index in [4.69, 9.17) is 15.0 Å². The van der Waals surface area contributed by atoms with E-state index in [1.807, 2.05) is 81.6 Å².